The van der Waals surface area contributed by atoms with E-state index in [1.807, 2.05) is 30.5 Å². The molecule has 2 heterocycles. The maximum atomic E-state index is 13.2. The van der Waals surface area contributed by atoms with Crippen molar-refractivity contribution in [2.24, 2.45) is 0 Å². The molecular weight excluding hydrogens is 376 g/mol. The molecule has 1 amide bonds. The number of ether oxygens (including phenoxy) is 1. The van der Waals surface area contributed by atoms with Gasteiger partial charge in [-0.15, -0.1) is 11.8 Å². The van der Waals surface area contributed by atoms with E-state index in [2.05, 4.69) is 5.10 Å². The zero-order chi connectivity index (χ0) is 20.5. The molecule has 0 bridgehead atoms. The molecule has 0 saturated heterocycles. The Bertz CT molecular complexity index is 1080. The number of benzene rings is 1. The Labute approximate surface area is 167 Å². The van der Waals surface area contributed by atoms with Gasteiger partial charge in [0.1, 0.15) is 28.8 Å². The highest BCUT2D eigenvalue weighted by molar-refractivity contribution is 7.98. The average Bonchev–Trinajstić information content (AvgIpc) is 3.10. The molecular formula is C20H20N4O3S. The van der Waals surface area contributed by atoms with Crippen LogP contribution in [0, 0.1) is 11.3 Å². The Hall–Kier alpha value is -3.18. The Morgan fingerprint density at radius 3 is 2.68 bits per heavy atom. The SMILES string of the molecule is CSc1ccccc1N(C(=O)OC(C)(C)C)c1cc(O)c(C#N)c2ccnn12. The number of aromatic hydroxyl groups is 1. The molecule has 0 aliphatic heterocycles. The van der Waals surface area contributed by atoms with Crippen molar-refractivity contribution < 1.29 is 14.6 Å². The molecule has 1 N–H and O–H groups in total. The fraction of sp³-hybridized carbons (Fsp3) is 0.250. The maximum Gasteiger partial charge on any atom is 0.420 e. The summed E-state index contributed by atoms with van der Waals surface area (Å²) in [5.74, 6) is 0.0351. The molecule has 1 aromatic carbocycles. The van der Waals surface area contributed by atoms with E-state index < -0.39 is 11.7 Å². The molecule has 144 valence electrons. The second-order valence-corrected chi connectivity index (χ2v) is 7.84. The van der Waals surface area contributed by atoms with Gasteiger partial charge in [-0.2, -0.15) is 10.4 Å². The van der Waals surface area contributed by atoms with Gasteiger partial charge in [-0.05, 0) is 45.2 Å². The van der Waals surface area contributed by atoms with Crippen molar-refractivity contribution in [1.82, 2.24) is 9.61 Å². The summed E-state index contributed by atoms with van der Waals surface area (Å²) in [5.41, 5.74) is 0.350. The molecule has 0 radical (unpaired) electrons. The molecule has 0 spiro atoms. The molecule has 8 heteroatoms. The standard InChI is InChI=1S/C20H20N4O3S/c1-20(2,3)27-19(26)23(15-7-5-6-8-17(15)28-4)18-11-16(25)13(12-21)14-9-10-22-24(14)18/h5-11,25H,1-4H3. The first-order chi connectivity index (χ1) is 13.3. The van der Waals surface area contributed by atoms with E-state index >= 15 is 0 Å². The van der Waals surface area contributed by atoms with Gasteiger partial charge in [0.2, 0.25) is 0 Å². The Morgan fingerprint density at radius 1 is 1.32 bits per heavy atom. The number of carbonyl (C=O) groups is 1. The van der Waals surface area contributed by atoms with Crippen LogP contribution in [0.4, 0.5) is 16.3 Å². The molecule has 0 atom stereocenters. The first-order valence-electron chi connectivity index (χ1n) is 8.52. The summed E-state index contributed by atoms with van der Waals surface area (Å²) in [6, 6.07) is 12.3. The predicted octanol–water partition coefficient (Wildman–Crippen LogP) is 4.71. The van der Waals surface area contributed by atoms with E-state index in [0.29, 0.717) is 11.2 Å². The van der Waals surface area contributed by atoms with E-state index in [0.717, 1.165) is 4.90 Å². The minimum absolute atomic E-state index is 0.0866. The number of fused-ring (bicyclic) bond motifs is 1. The first-order valence-corrected chi connectivity index (χ1v) is 9.75. The summed E-state index contributed by atoms with van der Waals surface area (Å²) < 4.78 is 7.06. The summed E-state index contributed by atoms with van der Waals surface area (Å²) in [7, 11) is 0. The largest absolute Gasteiger partial charge is 0.506 e. The lowest BCUT2D eigenvalue weighted by Gasteiger charge is -2.29. The molecule has 2 aromatic heterocycles. The average molecular weight is 396 g/mol. The van der Waals surface area contributed by atoms with Gasteiger partial charge in [-0.25, -0.2) is 14.2 Å². The van der Waals surface area contributed by atoms with Crippen LogP contribution >= 0.6 is 11.8 Å². The van der Waals surface area contributed by atoms with Crippen molar-refractivity contribution in [3.8, 4) is 11.8 Å². The fourth-order valence-corrected chi connectivity index (χ4v) is 3.36. The number of anilines is 2. The topological polar surface area (TPSA) is 90.9 Å². The third-order valence-corrected chi connectivity index (χ3v) is 4.67. The number of pyridine rings is 1. The van der Waals surface area contributed by atoms with E-state index in [1.54, 1.807) is 32.9 Å². The highest BCUT2D eigenvalue weighted by atomic mass is 32.2. The highest BCUT2D eigenvalue weighted by Gasteiger charge is 2.29. The molecule has 0 fully saturated rings. The molecule has 3 aromatic rings. The minimum atomic E-state index is -0.721. The van der Waals surface area contributed by atoms with E-state index in [1.165, 1.54) is 33.4 Å². The predicted molar refractivity (Wildman–Crippen MR) is 108 cm³/mol. The van der Waals surface area contributed by atoms with Gasteiger partial charge in [0, 0.05) is 11.0 Å². The summed E-state index contributed by atoms with van der Waals surface area (Å²) >= 11 is 1.48. The van der Waals surface area contributed by atoms with Crippen LogP contribution in [0.1, 0.15) is 26.3 Å². The van der Waals surface area contributed by atoms with Crippen LogP contribution in [0.5, 0.6) is 5.75 Å². The number of nitriles is 1. The highest BCUT2D eigenvalue weighted by Crippen LogP contribution is 2.37. The van der Waals surface area contributed by atoms with Gasteiger partial charge < -0.3 is 9.84 Å². The van der Waals surface area contributed by atoms with Gasteiger partial charge >= 0.3 is 6.09 Å². The zero-order valence-corrected chi connectivity index (χ0v) is 16.8. The number of carbonyl (C=O) groups excluding carboxylic acids is 1. The quantitative estimate of drug-likeness (QED) is 0.645. The molecule has 0 aliphatic rings. The van der Waals surface area contributed by atoms with Crippen LogP contribution in [-0.2, 0) is 4.74 Å². The maximum absolute atomic E-state index is 13.2. The van der Waals surface area contributed by atoms with Crippen LogP contribution in [0.15, 0.2) is 47.5 Å². The number of thioether (sulfide) groups is 1. The van der Waals surface area contributed by atoms with Crippen molar-refractivity contribution in [3.05, 3.63) is 48.2 Å². The van der Waals surface area contributed by atoms with Gasteiger partial charge in [0.15, 0.2) is 0 Å². The lowest BCUT2D eigenvalue weighted by atomic mass is 10.2. The second-order valence-electron chi connectivity index (χ2n) is 6.99. The minimum Gasteiger partial charge on any atom is -0.506 e. The van der Waals surface area contributed by atoms with E-state index in [-0.39, 0.29) is 17.1 Å². The third kappa shape index (κ3) is 3.62. The van der Waals surface area contributed by atoms with Crippen LogP contribution in [0.2, 0.25) is 0 Å². The molecule has 28 heavy (non-hydrogen) atoms. The molecule has 3 rings (SSSR count). The van der Waals surface area contributed by atoms with Crippen molar-refractivity contribution >= 4 is 34.9 Å². The van der Waals surface area contributed by atoms with Crippen LogP contribution in [-0.4, -0.2) is 32.7 Å². The molecule has 0 saturated carbocycles. The number of aromatic nitrogens is 2. The number of rotatable bonds is 3. The lowest BCUT2D eigenvalue weighted by Crippen LogP contribution is -2.35. The van der Waals surface area contributed by atoms with Gasteiger partial charge in [-0.1, -0.05) is 12.1 Å². The molecule has 0 unspecified atom stereocenters. The van der Waals surface area contributed by atoms with Crippen molar-refractivity contribution in [1.29, 1.82) is 5.26 Å². The number of hydrogen-bond donors (Lipinski definition) is 1. The van der Waals surface area contributed by atoms with Gasteiger partial charge in [0.05, 0.1) is 17.4 Å². The summed E-state index contributed by atoms with van der Waals surface area (Å²) in [6.07, 6.45) is 2.80. The number of hydrogen-bond acceptors (Lipinski definition) is 6. The first kappa shape index (κ1) is 19.6. The van der Waals surface area contributed by atoms with Crippen LogP contribution < -0.4 is 4.90 Å². The van der Waals surface area contributed by atoms with Crippen molar-refractivity contribution in [3.63, 3.8) is 0 Å². The lowest BCUT2D eigenvalue weighted by molar-refractivity contribution is 0.0597. The number of amides is 1. The van der Waals surface area contributed by atoms with E-state index in [9.17, 15) is 15.2 Å². The molecule has 7 nitrogen and oxygen atoms in total. The molecule has 0 aliphatic carbocycles. The van der Waals surface area contributed by atoms with Crippen molar-refractivity contribution in [2.75, 3.05) is 11.2 Å². The van der Waals surface area contributed by atoms with Gasteiger partial charge in [-0.3, -0.25) is 0 Å². The number of nitrogens with zero attached hydrogens (tertiary/aromatic N) is 4. The van der Waals surface area contributed by atoms with Gasteiger partial charge in [0.25, 0.3) is 0 Å². The third-order valence-electron chi connectivity index (χ3n) is 3.88. The smallest absolute Gasteiger partial charge is 0.420 e. The van der Waals surface area contributed by atoms with Crippen LogP contribution in [0.25, 0.3) is 5.52 Å². The summed E-state index contributed by atoms with van der Waals surface area (Å²) in [5, 5.41) is 24.0. The Balaban J connectivity index is 2.29. The van der Waals surface area contributed by atoms with Crippen LogP contribution in [0.3, 0.4) is 0 Å². The Morgan fingerprint density at radius 2 is 2.04 bits per heavy atom. The normalized spacial score (nSPS) is 11.2. The fourth-order valence-electron chi connectivity index (χ4n) is 2.77. The summed E-state index contributed by atoms with van der Waals surface area (Å²) in [6.45, 7) is 5.34. The summed E-state index contributed by atoms with van der Waals surface area (Å²) in [4.78, 5) is 15.4. The van der Waals surface area contributed by atoms with Crippen molar-refractivity contribution in [2.45, 2.75) is 31.3 Å². The zero-order valence-electron chi connectivity index (χ0n) is 16.0. The monoisotopic (exact) mass is 396 g/mol. The van der Waals surface area contributed by atoms with E-state index in [4.69, 9.17) is 4.74 Å². The second kappa shape index (κ2) is 7.44. The number of para-hydroxylation sites is 1. The Kier molecular flexibility index (Phi) is 5.21.